The van der Waals surface area contributed by atoms with Gasteiger partial charge in [0.1, 0.15) is 12.4 Å². The van der Waals surface area contributed by atoms with Crippen LogP contribution in [0, 0.1) is 0 Å². The van der Waals surface area contributed by atoms with E-state index in [1.165, 1.54) is 0 Å². The monoisotopic (exact) mass is 183 g/mol. The third-order valence-electron chi connectivity index (χ3n) is 1.99. The Morgan fingerprint density at radius 3 is 2.62 bits per heavy atom. The highest BCUT2D eigenvalue weighted by Gasteiger charge is 2.01. The van der Waals surface area contributed by atoms with Crippen LogP contribution >= 0.6 is 0 Å². The fourth-order valence-electron chi connectivity index (χ4n) is 1.25. The molecule has 4 heteroatoms. The molecule has 4 nitrogen and oxygen atoms in total. The summed E-state index contributed by atoms with van der Waals surface area (Å²) in [5.74, 6) is 0. The van der Waals surface area contributed by atoms with Gasteiger partial charge in [0, 0.05) is 0 Å². The number of nitrogens with two attached hydrogens (primary N) is 2. The predicted molar refractivity (Wildman–Crippen MR) is 52.0 cm³/mol. The van der Waals surface area contributed by atoms with Gasteiger partial charge in [-0.25, -0.2) is 9.13 Å². The zero-order chi connectivity index (χ0) is 9.52. The second kappa shape index (κ2) is 5.72. The molecular weight excluding hydrogens is 164 g/mol. The van der Waals surface area contributed by atoms with Crippen LogP contribution in [0.5, 0.6) is 0 Å². The molecule has 0 aliphatic rings. The molecule has 13 heavy (non-hydrogen) atoms. The number of aromatic nitrogens is 2. The van der Waals surface area contributed by atoms with Crippen LogP contribution in [0.1, 0.15) is 12.8 Å². The normalized spacial score (nSPS) is 10.6. The first-order chi connectivity index (χ1) is 6.36. The summed E-state index contributed by atoms with van der Waals surface area (Å²) in [5.41, 5.74) is 10.9. The molecule has 0 unspecified atom stereocenters. The van der Waals surface area contributed by atoms with Gasteiger partial charge in [0.2, 0.25) is 6.33 Å². The lowest BCUT2D eigenvalue weighted by Gasteiger charge is -1.93. The minimum absolute atomic E-state index is 0.751. The Morgan fingerprint density at radius 2 is 1.92 bits per heavy atom. The zero-order valence-corrected chi connectivity index (χ0v) is 8.02. The predicted octanol–water partition coefficient (Wildman–Crippen LogP) is -0.527. The maximum absolute atomic E-state index is 5.43. The van der Waals surface area contributed by atoms with E-state index in [0.29, 0.717) is 0 Å². The molecule has 0 atom stereocenters. The van der Waals surface area contributed by atoms with Gasteiger partial charge in [-0.3, -0.25) is 0 Å². The largest absolute Gasteiger partial charge is 0.330 e. The lowest BCUT2D eigenvalue weighted by molar-refractivity contribution is -0.696. The molecule has 0 saturated heterocycles. The molecule has 0 aliphatic heterocycles. The van der Waals surface area contributed by atoms with E-state index in [1.807, 2.05) is 0 Å². The Balaban J connectivity index is 2.34. The average Bonchev–Trinajstić information content (AvgIpc) is 2.59. The Labute approximate surface area is 79.1 Å². The van der Waals surface area contributed by atoms with Crippen molar-refractivity contribution >= 4 is 0 Å². The van der Waals surface area contributed by atoms with E-state index in [0.717, 1.165) is 39.0 Å². The minimum atomic E-state index is 0.751. The van der Waals surface area contributed by atoms with Crippen molar-refractivity contribution in [1.82, 2.24) is 4.57 Å². The molecule has 1 aromatic rings. The summed E-state index contributed by atoms with van der Waals surface area (Å²) < 4.78 is 4.31. The Kier molecular flexibility index (Phi) is 4.49. The number of rotatable bonds is 6. The highest BCUT2D eigenvalue weighted by atomic mass is 15.1. The summed E-state index contributed by atoms with van der Waals surface area (Å²) >= 11 is 0. The summed E-state index contributed by atoms with van der Waals surface area (Å²) in [4.78, 5) is 0. The van der Waals surface area contributed by atoms with Crippen molar-refractivity contribution in [2.24, 2.45) is 11.5 Å². The quantitative estimate of drug-likeness (QED) is 0.583. The molecule has 0 radical (unpaired) electrons. The lowest BCUT2D eigenvalue weighted by atomic mass is 10.4. The van der Waals surface area contributed by atoms with E-state index >= 15 is 0 Å². The van der Waals surface area contributed by atoms with Crippen molar-refractivity contribution in [3.05, 3.63) is 18.7 Å². The number of aryl methyl sites for hydroxylation is 2. The molecule has 0 bridgehead atoms. The second-order valence-electron chi connectivity index (χ2n) is 3.17. The van der Waals surface area contributed by atoms with Crippen molar-refractivity contribution in [1.29, 1.82) is 0 Å². The first-order valence-corrected chi connectivity index (χ1v) is 4.82. The van der Waals surface area contributed by atoms with Crippen LogP contribution in [-0.2, 0) is 13.1 Å². The molecule has 1 aromatic heterocycles. The van der Waals surface area contributed by atoms with Gasteiger partial charge in [-0.2, -0.15) is 0 Å². The molecule has 0 amide bonds. The van der Waals surface area contributed by atoms with E-state index < -0.39 is 0 Å². The van der Waals surface area contributed by atoms with Crippen LogP contribution < -0.4 is 16.0 Å². The maximum Gasteiger partial charge on any atom is 0.243 e. The lowest BCUT2D eigenvalue weighted by Crippen LogP contribution is -2.32. The van der Waals surface area contributed by atoms with Crippen LogP contribution in [0.15, 0.2) is 18.7 Å². The van der Waals surface area contributed by atoms with E-state index in [4.69, 9.17) is 11.5 Å². The van der Waals surface area contributed by atoms with Gasteiger partial charge in [-0.1, -0.05) is 0 Å². The standard InChI is InChI=1S/C9H19N4/c10-3-1-5-12-7-8-13(9-12)6-2-4-11/h7-9H,1-6,10-11H2/q+1. The molecule has 0 aliphatic carbocycles. The Morgan fingerprint density at radius 1 is 1.15 bits per heavy atom. The van der Waals surface area contributed by atoms with Gasteiger partial charge in [-0.15, -0.1) is 0 Å². The molecule has 0 fully saturated rings. The summed E-state index contributed by atoms with van der Waals surface area (Å²) in [6, 6.07) is 0. The van der Waals surface area contributed by atoms with Crippen LogP contribution in [0.2, 0.25) is 0 Å². The summed E-state index contributed by atoms with van der Waals surface area (Å²) in [6.07, 6.45) is 8.32. The number of imidazole rings is 1. The Hall–Kier alpha value is -0.870. The van der Waals surface area contributed by atoms with Gasteiger partial charge in [-0.05, 0) is 25.9 Å². The van der Waals surface area contributed by atoms with Crippen LogP contribution in [0.4, 0.5) is 0 Å². The van der Waals surface area contributed by atoms with Gasteiger partial charge < -0.3 is 11.5 Å². The van der Waals surface area contributed by atoms with Crippen molar-refractivity contribution in [2.75, 3.05) is 13.1 Å². The number of nitrogens with zero attached hydrogens (tertiary/aromatic N) is 2. The third-order valence-corrected chi connectivity index (χ3v) is 1.99. The third kappa shape index (κ3) is 3.57. The molecular formula is C9H19N4+. The van der Waals surface area contributed by atoms with Crippen LogP contribution in [0.3, 0.4) is 0 Å². The van der Waals surface area contributed by atoms with E-state index in [2.05, 4.69) is 27.9 Å². The summed E-state index contributed by atoms with van der Waals surface area (Å²) in [5, 5.41) is 0. The van der Waals surface area contributed by atoms with Gasteiger partial charge in [0.05, 0.1) is 13.1 Å². The molecule has 0 aromatic carbocycles. The maximum atomic E-state index is 5.43. The van der Waals surface area contributed by atoms with Crippen molar-refractivity contribution in [3.63, 3.8) is 0 Å². The molecule has 1 rings (SSSR count). The van der Waals surface area contributed by atoms with Crippen molar-refractivity contribution in [3.8, 4) is 0 Å². The average molecular weight is 183 g/mol. The van der Waals surface area contributed by atoms with Crippen LogP contribution in [-0.4, -0.2) is 17.7 Å². The van der Waals surface area contributed by atoms with Crippen LogP contribution in [0.25, 0.3) is 0 Å². The SMILES string of the molecule is NCCCn1cc[n+](CCCN)c1. The fraction of sp³-hybridized carbons (Fsp3) is 0.667. The van der Waals surface area contributed by atoms with Gasteiger partial charge in [0.25, 0.3) is 0 Å². The Bertz CT molecular complexity index is 209. The van der Waals surface area contributed by atoms with Crippen molar-refractivity contribution < 1.29 is 4.57 Å². The van der Waals surface area contributed by atoms with E-state index in [9.17, 15) is 0 Å². The molecule has 74 valence electrons. The van der Waals surface area contributed by atoms with E-state index in [-0.39, 0.29) is 0 Å². The topological polar surface area (TPSA) is 60.8 Å². The van der Waals surface area contributed by atoms with Crippen molar-refractivity contribution in [2.45, 2.75) is 25.9 Å². The van der Waals surface area contributed by atoms with E-state index in [1.54, 1.807) is 0 Å². The minimum Gasteiger partial charge on any atom is -0.330 e. The molecule has 4 N–H and O–H groups in total. The molecule has 0 saturated carbocycles. The van der Waals surface area contributed by atoms with Gasteiger partial charge in [0.15, 0.2) is 0 Å². The number of hydrogen-bond donors (Lipinski definition) is 2. The molecule has 0 spiro atoms. The smallest absolute Gasteiger partial charge is 0.243 e. The summed E-state index contributed by atoms with van der Waals surface area (Å²) in [6.45, 7) is 3.51. The second-order valence-corrected chi connectivity index (χ2v) is 3.17. The fourth-order valence-corrected chi connectivity index (χ4v) is 1.25. The molecule has 1 heterocycles. The first kappa shape index (κ1) is 10.2. The first-order valence-electron chi connectivity index (χ1n) is 4.82. The summed E-state index contributed by atoms with van der Waals surface area (Å²) in [7, 11) is 0. The highest BCUT2D eigenvalue weighted by Crippen LogP contribution is 1.88. The van der Waals surface area contributed by atoms with Gasteiger partial charge >= 0.3 is 0 Å². The zero-order valence-electron chi connectivity index (χ0n) is 8.02. The highest BCUT2D eigenvalue weighted by molar-refractivity contribution is 4.66. The number of hydrogen-bond acceptors (Lipinski definition) is 2.